The van der Waals surface area contributed by atoms with Gasteiger partial charge in [-0.25, -0.2) is 8.42 Å². The van der Waals surface area contributed by atoms with Gasteiger partial charge in [0.05, 0.1) is 5.69 Å². The smallest absolute Gasteiger partial charge is 0.263 e. The monoisotopic (exact) mass is 417 g/mol. The van der Waals surface area contributed by atoms with Crippen molar-refractivity contribution in [1.82, 2.24) is 0 Å². The maximum atomic E-state index is 12.4. The van der Waals surface area contributed by atoms with E-state index in [1.807, 2.05) is 19.1 Å². The van der Waals surface area contributed by atoms with Gasteiger partial charge in [-0.05, 0) is 46.6 Å². The first-order valence-electron chi connectivity index (χ1n) is 5.92. The molecule has 2 aromatic rings. The second-order valence-electron chi connectivity index (χ2n) is 4.24. The number of hydrogen-bond acceptors (Lipinski definition) is 2. The van der Waals surface area contributed by atoms with Gasteiger partial charge in [-0.3, -0.25) is 4.72 Å². The summed E-state index contributed by atoms with van der Waals surface area (Å²) in [5.74, 6) is 0. The van der Waals surface area contributed by atoms with E-state index in [0.29, 0.717) is 10.2 Å². The Hall–Kier alpha value is -0.850. The summed E-state index contributed by atoms with van der Waals surface area (Å²) >= 11 is 6.73. The molecule has 0 fully saturated rings. The molecule has 0 aliphatic carbocycles. The van der Waals surface area contributed by atoms with Crippen LogP contribution in [0, 0.1) is 0 Å². The van der Waals surface area contributed by atoms with Crippen molar-refractivity contribution in [1.29, 1.82) is 0 Å². The molecular formula is C14H13Br2NO2S. The molecular weight excluding hydrogens is 406 g/mol. The van der Waals surface area contributed by atoms with Gasteiger partial charge in [0.1, 0.15) is 4.90 Å². The summed E-state index contributed by atoms with van der Waals surface area (Å²) in [6, 6.07) is 14.1. The molecule has 0 radical (unpaired) electrons. The zero-order chi connectivity index (χ0) is 14.8. The van der Waals surface area contributed by atoms with Crippen LogP contribution >= 0.6 is 31.9 Å². The zero-order valence-electron chi connectivity index (χ0n) is 10.7. The third kappa shape index (κ3) is 3.42. The topological polar surface area (TPSA) is 46.2 Å². The Balaban J connectivity index is 2.42. The standard InChI is InChI=1S/C14H13Br2NO2S/c1-10(15)11-6-2-4-8-13(11)17-20(18,19)14-9-5-3-7-12(14)16/h2-10,17H,1H3. The number of hydrogen-bond donors (Lipinski definition) is 1. The number of benzene rings is 2. The molecule has 1 N–H and O–H groups in total. The lowest BCUT2D eigenvalue weighted by molar-refractivity contribution is 0.600. The molecule has 6 heteroatoms. The van der Waals surface area contributed by atoms with Crippen molar-refractivity contribution in [3.8, 4) is 0 Å². The van der Waals surface area contributed by atoms with Crippen molar-refractivity contribution in [3.05, 3.63) is 58.6 Å². The van der Waals surface area contributed by atoms with E-state index in [2.05, 4.69) is 36.6 Å². The molecule has 106 valence electrons. The fraction of sp³-hybridized carbons (Fsp3) is 0.143. The van der Waals surface area contributed by atoms with E-state index in [1.165, 1.54) is 0 Å². The van der Waals surface area contributed by atoms with Gasteiger partial charge in [0, 0.05) is 9.30 Å². The van der Waals surface area contributed by atoms with Gasteiger partial charge < -0.3 is 0 Å². The van der Waals surface area contributed by atoms with Crippen molar-refractivity contribution in [2.45, 2.75) is 16.6 Å². The highest BCUT2D eigenvalue weighted by Crippen LogP contribution is 2.31. The van der Waals surface area contributed by atoms with Crippen LogP contribution in [0.2, 0.25) is 0 Å². The molecule has 0 aliphatic heterocycles. The normalized spacial score (nSPS) is 12.9. The average molecular weight is 419 g/mol. The van der Waals surface area contributed by atoms with Crippen molar-refractivity contribution < 1.29 is 8.42 Å². The number of sulfonamides is 1. The van der Waals surface area contributed by atoms with Gasteiger partial charge in [-0.2, -0.15) is 0 Å². The fourth-order valence-corrected chi connectivity index (χ4v) is 4.29. The van der Waals surface area contributed by atoms with Gasteiger partial charge >= 0.3 is 0 Å². The van der Waals surface area contributed by atoms with Gasteiger partial charge in [0.15, 0.2) is 0 Å². The van der Waals surface area contributed by atoms with E-state index in [4.69, 9.17) is 0 Å². The van der Waals surface area contributed by atoms with E-state index in [1.54, 1.807) is 36.4 Å². The molecule has 2 aromatic carbocycles. The molecule has 0 aromatic heterocycles. The first kappa shape index (κ1) is 15.5. The lowest BCUT2D eigenvalue weighted by Gasteiger charge is -2.14. The lowest BCUT2D eigenvalue weighted by atomic mass is 10.1. The van der Waals surface area contributed by atoms with E-state index < -0.39 is 10.0 Å². The molecule has 1 unspecified atom stereocenters. The van der Waals surface area contributed by atoms with Crippen LogP contribution < -0.4 is 4.72 Å². The summed E-state index contributed by atoms with van der Waals surface area (Å²) in [5, 5.41) is 0. The van der Waals surface area contributed by atoms with Crippen LogP contribution in [0.3, 0.4) is 0 Å². The predicted octanol–water partition coefficient (Wildman–Crippen LogP) is 4.71. The molecule has 0 saturated carbocycles. The Morgan fingerprint density at radius 2 is 1.65 bits per heavy atom. The second-order valence-corrected chi connectivity index (χ2v) is 8.12. The van der Waals surface area contributed by atoms with Gasteiger partial charge in [-0.15, -0.1) is 0 Å². The lowest BCUT2D eigenvalue weighted by Crippen LogP contribution is -2.14. The molecule has 3 nitrogen and oxygen atoms in total. The number of anilines is 1. The van der Waals surface area contributed by atoms with Gasteiger partial charge in [0.2, 0.25) is 0 Å². The SMILES string of the molecule is CC(Br)c1ccccc1NS(=O)(=O)c1ccccc1Br. The summed E-state index contributed by atoms with van der Waals surface area (Å²) in [6.45, 7) is 1.95. The molecule has 20 heavy (non-hydrogen) atoms. The van der Waals surface area contributed by atoms with E-state index in [-0.39, 0.29) is 9.72 Å². The Labute approximate surface area is 135 Å². The highest BCUT2D eigenvalue weighted by molar-refractivity contribution is 9.10. The largest absolute Gasteiger partial charge is 0.279 e. The van der Waals surface area contributed by atoms with Crippen LogP contribution in [-0.2, 0) is 10.0 Å². The zero-order valence-corrected chi connectivity index (χ0v) is 14.7. The molecule has 2 rings (SSSR count). The first-order chi connectivity index (χ1) is 9.42. The minimum absolute atomic E-state index is 0.0561. The van der Waals surface area contributed by atoms with Gasteiger partial charge in [-0.1, -0.05) is 46.3 Å². The van der Waals surface area contributed by atoms with Crippen LogP contribution in [0.1, 0.15) is 17.3 Å². The number of halogens is 2. The highest BCUT2D eigenvalue weighted by Gasteiger charge is 2.19. The third-order valence-electron chi connectivity index (χ3n) is 2.76. The Kier molecular flexibility index (Phi) is 4.88. The second kappa shape index (κ2) is 6.28. The van der Waals surface area contributed by atoms with Crippen LogP contribution in [0.25, 0.3) is 0 Å². The fourth-order valence-electron chi connectivity index (χ4n) is 1.80. The van der Waals surface area contributed by atoms with Crippen LogP contribution in [0.5, 0.6) is 0 Å². The molecule has 0 saturated heterocycles. The molecule has 0 aliphatic rings. The maximum absolute atomic E-state index is 12.4. The molecule has 1 atom stereocenters. The van der Waals surface area contributed by atoms with E-state index in [9.17, 15) is 8.42 Å². The van der Waals surface area contributed by atoms with Crippen LogP contribution in [0.4, 0.5) is 5.69 Å². The van der Waals surface area contributed by atoms with E-state index >= 15 is 0 Å². The van der Waals surface area contributed by atoms with Crippen molar-refractivity contribution in [2.24, 2.45) is 0 Å². The minimum atomic E-state index is -3.62. The minimum Gasteiger partial charge on any atom is -0.279 e. The summed E-state index contributed by atoms with van der Waals surface area (Å²) in [4.78, 5) is 0.276. The molecule has 0 bridgehead atoms. The molecule has 0 heterocycles. The van der Waals surface area contributed by atoms with Crippen LogP contribution in [0.15, 0.2) is 57.9 Å². The number of alkyl halides is 1. The first-order valence-corrected chi connectivity index (χ1v) is 9.11. The highest BCUT2D eigenvalue weighted by atomic mass is 79.9. The molecule has 0 amide bonds. The Morgan fingerprint density at radius 1 is 1.05 bits per heavy atom. The maximum Gasteiger partial charge on any atom is 0.263 e. The Bertz CT molecular complexity index is 715. The van der Waals surface area contributed by atoms with Crippen LogP contribution in [-0.4, -0.2) is 8.42 Å². The summed E-state index contributed by atoms with van der Waals surface area (Å²) in [5.41, 5.74) is 1.47. The summed E-state index contributed by atoms with van der Waals surface area (Å²) in [7, 11) is -3.62. The predicted molar refractivity (Wildman–Crippen MR) is 88.7 cm³/mol. The van der Waals surface area contributed by atoms with Crippen molar-refractivity contribution >= 4 is 47.6 Å². The summed E-state index contributed by atoms with van der Waals surface area (Å²) in [6.07, 6.45) is 0. The molecule has 0 spiro atoms. The number of rotatable bonds is 4. The summed E-state index contributed by atoms with van der Waals surface area (Å²) < 4.78 is 28.1. The van der Waals surface area contributed by atoms with Crippen molar-refractivity contribution in [2.75, 3.05) is 4.72 Å². The quantitative estimate of drug-likeness (QED) is 0.731. The van der Waals surface area contributed by atoms with Crippen molar-refractivity contribution in [3.63, 3.8) is 0 Å². The average Bonchev–Trinajstić information content (AvgIpc) is 2.39. The number of nitrogens with one attached hydrogen (secondary N) is 1. The number of para-hydroxylation sites is 1. The van der Waals surface area contributed by atoms with Gasteiger partial charge in [0.25, 0.3) is 10.0 Å². The third-order valence-corrected chi connectivity index (χ3v) is 5.63. The van der Waals surface area contributed by atoms with E-state index in [0.717, 1.165) is 5.56 Å². The Morgan fingerprint density at radius 3 is 2.30 bits per heavy atom.